The Morgan fingerprint density at radius 1 is 0.900 bits per heavy atom. The van der Waals surface area contributed by atoms with E-state index in [2.05, 4.69) is 70.2 Å². The Morgan fingerprint density at radius 3 is 1.85 bits per heavy atom. The maximum atomic E-state index is 2.37. The van der Waals surface area contributed by atoms with Crippen molar-refractivity contribution in [3.05, 3.63) is 70.3 Å². The number of allylic oxidation sites excluding steroid dienone is 2. The molecule has 0 bridgehead atoms. The van der Waals surface area contributed by atoms with E-state index in [0.29, 0.717) is 5.92 Å². The average molecular weight is 262 g/mol. The highest BCUT2D eigenvalue weighted by molar-refractivity contribution is 5.79. The molecule has 0 amide bonds. The van der Waals surface area contributed by atoms with Crippen molar-refractivity contribution >= 4 is 0 Å². The van der Waals surface area contributed by atoms with Crippen molar-refractivity contribution < 1.29 is 0 Å². The predicted octanol–water partition coefficient (Wildman–Crippen LogP) is 5.77. The van der Waals surface area contributed by atoms with Crippen molar-refractivity contribution in [1.29, 1.82) is 0 Å². The van der Waals surface area contributed by atoms with Gasteiger partial charge in [-0.25, -0.2) is 0 Å². The Balaban J connectivity index is 2.16. The van der Waals surface area contributed by atoms with Crippen LogP contribution in [0.2, 0.25) is 0 Å². The first kappa shape index (κ1) is 13.2. The van der Waals surface area contributed by atoms with E-state index in [1.165, 1.54) is 39.0 Å². The quantitative estimate of drug-likeness (QED) is 0.602. The maximum absolute atomic E-state index is 2.37. The van der Waals surface area contributed by atoms with Crippen LogP contribution in [0.4, 0.5) is 0 Å². The van der Waals surface area contributed by atoms with E-state index in [4.69, 9.17) is 0 Å². The fourth-order valence-electron chi connectivity index (χ4n) is 3.21. The molecular formula is C20H22. The molecule has 0 atom stereocenters. The summed E-state index contributed by atoms with van der Waals surface area (Å²) >= 11 is 0. The number of benzene rings is 2. The lowest BCUT2D eigenvalue weighted by atomic mass is 9.91. The van der Waals surface area contributed by atoms with Crippen LogP contribution in [-0.2, 0) is 0 Å². The molecule has 102 valence electrons. The second-order valence-corrected chi connectivity index (χ2v) is 6.25. The molecule has 0 saturated carbocycles. The predicted molar refractivity (Wildman–Crippen MR) is 87.2 cm³/mol. The highest BCUT2D eigenvalue weighted by Gasteiger charge is 2.27. The van der Waals surface area contributed by atoms with Crippen LogP contribution >= 0.6 is 0 Å². The van der Waals surface area contributed by atoms with E-state index in [1.54, 1.807) is 0 Å². The molecule has 0 nitrogen and oxygen atoms in total. The minimum absolute atomic E-state index is 0.523. The van der Waals surface area contributed by atoms with Crippen molar-refractivity contribution in [3.8, 4) is 11.1 Å². The fraction of sp³-hybridized carbons (Fsp3) is 0.300. The molecule has 0 saturated heterocycles. The molecule has 0 spiro atoms. The van der Waals surface area contributed by atoms with Gasteiger partial charge in [0.2, 0.25) is 0 Å². The van der Waals surface area contributed by atoms with Gasteiger partial charge in [-0.1, -0.05) is 59.2 Å². The van der Waals surface area contributed by atoms with Crippen LogP contribution in [-0.4, -0.2) is 0 Å². The lowest BCUT2D eigenvalue weighted by molar-refractivity contribution is 0.846. The van der Waals surface area contributed by atoms with Crippen LogP contribution < -0.4 is 0 Å². The first-order valence-corrected chi connectivity index (χ1v) is 7.41. The monoisotopic (exact) mass is 262 g/mol. The maximum Gasteiger partial charge on any atom is 0.0136 e. The Bertz CT molecular complexity index is 634. The van der Waals surface area contributed by atoms with E-state index in [-0.39, 0.29) is 0 Å². The fourth-order valence-corrected chi connectivity index (χ4v) is 3.21. The second-order valence-electron chi connectivity index (χ2n) is 6.25. The highest BCUT2D eigenvalue weighted by Crippen LogP contribution is 2.47. The van der Waals surface area contributed by atoms with Gasteiger partial charge in [0.05, 0.1) is 0 Å². The molecule has 2 aromatic rings. The minimum Gasteiger partial charge on any atom is -0.0849 e. The number of hydrogen-bond donors (Lipinski definition) is 0. The SMILES string of the molecule is CC(C)=CCC1c2cc(C)ccc2-c2ccc(C)cc21. The zero-order chi connectivity index (χ0) is 14.3. The number of fused-ring (bicyclic) bond motifs is 3. The third kappa shape index (κ3) is 2.20. The lowest BCUT2D eigenvalue weighted by Gasteiger charge is -2.12. The van der Waals surface area contributed by atoms with Gasteiger partial charge in [0.1, 0.15) is 0 Å². The molecule has 1 aliphatic carbocycles. The Kier molecular flexibility index (Phi) is 3.25. The largest absolute Gasteiger partial charge is 0.0849 e. The molecule has 0 aliphatic heterocycles. The van der Waals surface area contributed by atoms with Crippen molar-refractivity contribution in [2.75, 3.05) is 0 Å². The van der Waals surface area contributed by atoms with Gasteiger partial charge in [-0.2, -0.15) is 0 Å². The topological polar surface area (TPSA) is 0 Å². The first-order valence-electron chi connectivity index (χ1n) is 7.41. The van der Waals surface area contributed by atoms with Gasteiger partial charge in [0.15, 0.2) is 0 Å². The van der Waals surface area contributed by atoms with Crippen LogP contribution in [0.25, 0.3) is 11.1 Å². The van der Waals surface area contributed by atoms with Gasteiger partial charge in [0, 0.05) is 5.92 Å². The normalized spacial score (nSPS) is 13.0. The first-order chi connectivity index (χ1) is 9.56. The van der Waals surface area contributed by atoms with Gasteiger partial charge in [-0.05, 0) is 56.4 Å². The molecule has 0 N–H and O–H groups in total. The van der Waals surface area contributed by atoms with Crippen molar-refractivity contribution in [1.82, 2.24) is 0 Å². The summed E-state index contributed by atoms with van der Waals surface area (Å²) in [5.74, 6) is 0.523. The van der Waals surface area contributed by atoms with Crippen LogP contribution in [0.1, 0.15) is 48.4 Å². The number of rotatable bonds is 2. The van der Waals surface area contributed by atoms with Gasteiger partial charge in [-0.15, -0.1) is 0 Å². The molecule has 2 aromatic carbocycles. The molecule has 0 unspecified atom stereocenters. The number of aryl methyl sites for hydroxylation is 2. The van der Waals surface area contributed by atoms with Gasteiger partial charge >= 0.3 is 0 Å². The Hall–Kier alpha value is -1.82. The van der Waals surface area contributed by atoms with Crippen LogP contribution in [0, 0.1) is 13.8 Å². The summed E-state index contributed by atoms with van der Waals surface area (Å²) in [6.45, 7) is 8.74. The Labute approximate surface area is 122 Å². The van der Waals surface area contributed by atoms with E-state index in [9.17, 15) is 0 Å². The summed E-state index contributed by atoms with van der Waals surface area (Å²) in [5, 5.41) is 0. The van der Waals surface area contributed by atoms with Crippen LogP contribution in [0.15, 0.2) is 48.0 Å². The Morgan fingerprint density at radius 2 is 1.40 bits per heavy atom. The molecule has 0 aromatic heterocycles. The summed E-state index contributed by atoms with van der Waals surface area (Å²) in [6.07, 6.45) is 3.48. The standard InChI is InChI=1S/C20H22/c1-13(2)5-8-18-19-11-14(3)6-9-16(19)17-10-7-15(4)12-20(17)18/h5-7,9-12,18H,8H2,1-4H3. The highest BCUT2D eigenvalue weighted by atomic mass is 14.3. The van der Waals surface area contributed by atoms with Gasteiger partial charge in [-0.3, -0.25) is 0 Å². The summed E-state index contributed by atoms with van der Waals surface area (Å²) in [6, 6.07) is 13.8. The molecule has 0 fully saturated rings. The minimum atomic E-state index is 0.523. The molecule has 0 heterocycles. The zero-order valence-corrected chi connectivity index (χ0v) is 12.8. The summed E-state index contributed by atoms with van der Waals surface area (Å²) in [7, 11) is 0. The molecule has 0 heteroatoms. The van der Waals surface area contributed by atoms with Crippen molar-refractivity contribution in [3.63, 3.8) is 0 Å². The van der Waals surface area contributed by atoms with E-state index in [0.717, 1.165) is 6.42 Å². The summed E-state index contributed by atoms with van der Waals surface area (Å²) < 4.78 is 0. The zero-order valence-electron chi connectivity index (χ0n) is 12.8. The summed E-state index contributed by atoms with van der Waals surface area (Å²) in [4.78, 5) is 0. The molecular weight excluding hydrogens is 240 g/mol. The third-order valence-electron chi connectivity index (χ3n) is 4.22. The van der Waals surface area contributed by atoms with Gasteiger partial charge in [0.25, 0.3) is 0 Å². The van der Waals surface area contributed by atoms with Crippen LogP contribution in [0.3, 0.4) is 0 Å². The molecule has 20 heavy (non-hydrogen) atoms. The van der Waals surface area contributed by atoms with Crippen molar-refractivity contribution in [2.24, 2.45) is 0 Å². The smallest absolute Gasteiger partial charge is 0.0136 e. The van der Waals surface area contributed by atoms with E-state index < -0.39 is 0 Å². The van der Waals surface area contributed by atoms with Gasteiger partial charge < -0.3 is 0 Å². The lowest BCUT2D eigenvalue weighted by Crippen LogP contribution is -1.96. The average Bonchev–Trinajstić information content (AvgIpc) is 2.68. The van der Waals surface area contributed by atoms with E-state index in [1.807, 2.05) is 0 Å². The molecule has 3 rings (SSSR count). The van der Waals surface area contributed by atoms with Crippen molar-refractivity contribution in [2.45, 2.75) is 40.0 Å². The van der Waals surface area contributed by atoms with E-state index >= 15 is 0 Å². The molecule has 1 aliphatic rings. The summed E-state index contributed by atoms with van der Waals surface area (Å²) in [5.41, 5.74) is 9.98. The number of hydrogen-bond acceptors (Lipinski definition) is 0. The third-order valence-corrected chi connectivity index (χ3v) is 4.22. The molecule has 0 radical (unpaired) electrons. The second kappa shape index (κ2) is 4.94. The van der Waals surface area contributed by atoms with Crippen LogP contribution in [0.5, 0.6) is 0 Å².